The molecule has 0 unspecified atom stereocenters. The Kier molecular flexibility index (Phi) is 5.59. The van der Waals surface area contributed by atoms with Crippen molar-refractivity contribution in [1.82, 2.24) is 9.62 Å². The Balaban J connectivity index is 2.73. The first-order valence-corrected chi connectivity index (χ1v) is 8.31. The summed E-state index contributed by atoms with van der Waals surface area (Å²) in [6.07, 6.45) is 2.58. The van der Waals surface area contributed by atoms with Crippen LogP contribution in [0, 0.1) is 5.92 Å². The molecular weight excluding hydrogens is 252 g/mol. The summed E-state index contributed by atoms with van der Waals surface area (Å²) in [7, 11) is -3.35. The molecule has 1 aliphatic heterocycles. The first-order chi connectivity index (χ1) is 8.37. The number of nitrogens with one attached hydrogen (secondary N) is 1. The highest BCUT2D eigenvalue weighted by atomic mass is 32.2. The van der Waals surface area contributed by atoms with Crippen LogP contribution < -0.4 is 4.72 Å². The van der Waals surface area contributed by atoms with Crippen LogP contribution >= 0.6 is 0 Å². The summed E-state index contributed by atoms with van der Waals surface area (Å²) in [5, 5.41) is 0. The molecule has 0 aromatic heterocycles. The van der Waals surface area contributed by atoms with E-state index in [-0.39, 0.29) is 17.6 Å². The minimum Gasteiger partial charge on any atom is -0.341 e. The van der Waals surface area contributed by atoms with Crippen LogP contribution in [0.2, 0.25) is 0 Å². The van der Waals surface area contributed by atoms with Gasteiger partial charge in [0.05, 0.1) is 5.75 Å². The fourth-order valence-electron chi connectivity index (χ4n) is 2.13. The van der Waals surface area contributed by atoms with Crippen LogP contribution in [0.1, 0.15) is 40.0 Å². The molecule has 106 valence electrons. The molecule has 0 spiro atoms. The zero-order chi connectivity index (χ0) is 13.8. The van der Waals surface area contributed by atoms with Gasteiger partial charge in [-0.3, -0.25) is 4.79 Å². The quantitative estimate of drug-likeness (QED) is 0.786. The number of sulfonamides is 1. The number of carbonyl (C=O) groups excluding carboxylic acids is 1. The van der Waals surface area contributed by atoms with Gasteiger partial charge in [-0.15, -0.1) is 0 Å². The SMILES string of the molecule is CCCS(=O)(=O)N[C@H](C(=O)N1CCCC1)C(C)C. The van der Waals surface area contributed by atoms with Crippen LogP contribution in [0.15, 0.2) is 0 Å². The summed E-state index contributed by atoms with van der Waals surface area (Å²) in [4.78, 5) is 14.0. The highest BCUT2D eigenvalue weighted by Crippen LogP contribution is 2.14. The first-order valence-electron chi connectivity index (χ1n) is 6.66. The summed E-state index contributed by atoms with van der Waals surface area (Å²) in [6, 6.07) is -0.625. The Hall–Kier alpha value is -0.620. The third kappa shape index (κ3) is 4.24. The fraction of sp³-hybridized carbons (Fsp3) is 0.917. The molecule has 0 aliphatic carbocycles. The van der Waals surface area contributed by atoms with E-state index in [0.717, 1.165) is 25.9 Å². The van der Waals surface area contributed by atoms with Crippen LogP contribution in [0.3, 0.4) is 0 Å². The van der Waals surface area contributed by atoms with Crippen molar-refractivity contribution in [3.8, 4) is 0 Å². The van der Waals surface area contributed by atoms with Gasteiger partial charge in [0.1, 0.15) is 6.04 Å². The number of likely N-dealkylation sites (tertiary alicyclic amines) is 1. The topological polar surface area (TPSA) is 66.5 Å². The van der Waals surface area contributed by atoms with Crippen molar-refractivity contribution in [2.45, 2.75) is 46.1 Å². The number of nitrogens with zero attached hydrogens (tertiary/aromatic N) is 1. The van der Waals surface area contributed by atoms with Gasteiger partial charge in [0, 0.05) is 13.1 Å². The molecule has 0 aromatic carbocycles. The molecule has 5 nitrogen and oxygen atoms in total. The molecule has 0 aromatic rings. The van der Waals surface area contributed by atoms with E-state index in [1.54, 1.807) is 4.90 Å². The lowest BCUT2D eigenvalue weighted by Gasteiger charge is -2.26. The van der Waals surface area contributed by atoms with Crippen molar-refractivity contribution in [2.24, 2.45) is 5.92 Å². The predicted molar refractivity (Wildman–Crippen MR) is 71.7 cm³/mol. The molecule has 1 rings (SSSR count). The van der Waals surface area contributed by atoms with E-state index in [1.165, 1.54) is 0 Å². The van der Waals surface area contributed by atoms with Crippen molar-refractivity contribution < 1.29 is 13.2 Å². The second-order valence-corrected chi connectivity index (χ2v) is 7.06. The summed E-state index contributed by atoms with van der Waals surface area (Å²) in [5.41, 5.74) is 0. The monoisotopic (exact) mass is 276 g/mol. The highest BCUT2D eigenvalue weighted by Gasteiger charge is 2.31. The van der Waals surface area contributed by atoms with Crippen LogP contribution in [-0.2, 0) is 14.8 Å². The number of carbonyl (C=O) groups is 1. The van der Waals surface area contributed by atoms with E-state index < -0.39 is 16.1 Å². The van der Waals surface area contributed by atoms with Gasteiger partial charge in [-0.1, -0.05) is 20.8 Å². The third-order valence-electron chi connectivity index (χ3n) is 3.13. The molecule has 1 fully saturated rings. The van der Waals surface area contributed by atoms with E-state index >= 15 is 0 Å². The minimum absolute atomic E-state index is 0.0373. The summed E-state index contributed by atoms with van der Waals surface area (Å²) < 4.78 is 26.1. The van der Waals surface area contributed by atoms with E-state index in [2.05, 4.69) is 4.72 Å². The molecule has 6 heteroatoms. The van der Waals surface area contributed by atoms with Crippen molar-refractivity contribution in [1.29, 1.82) is 0 Å². The Morgan fingerprint density at radius 2 is 1.83 bits per heavy atom. The Bertz CT molecular complexity index is 373. The second-order valence-electron chi connectivity index (χ2n) is 5.19. The molecule has 1 N–H and O–H groups in total. The molecule has 1 amide bonds. The molecule has 1 aliphatic rings. The van der Waals surface area contributed by atoms with E-state index in [9.17, 15) is 13.2 Å². The summed E-state index contributed by atoms with van der Waals surface area (Å²) in [5.74, 6) is -0.0457. The molecular formula is C12H24N2O3S. The zero-order valence-electron chi connectivity index (χ0n) is 11.5. The molecule has 18 heavy (non-hydrogen) atoms. The normalized spacial score (nSPS) is 18.3. The molecule has 1 saturated heterocycles. The molecule has 1 heterocycles. The molecule has 1 atom stereocenters. The molecule has 0 saturated carbocycles. The predicted octanol–water partition coefficient (Wildman–Crippen LogP) is 0.963. The van der Waals surface area contributed by atoms with Gasteiger partial charge < -0.3 is 4.90 Å². The maximum Gasteiger partial charge on any atom is 0.241 e. The third-order valence-corrected chi connectivity index (χ3v) is 4.69. The van der Waals surface area contributed by atoms with Crippen molar-refractivity contribution in [3.05, 3.63) is 0 Å². The van der Waals surface area contributed by atoms with E-state index in [0.29, 0.717) is 6.42 Å². The average molecular weight is 276 g/mol. The Labute approximate surface area is 110 Å². The lowest BCUT2D eigenvalue weighted by molar-refractivity contribution is -0.132. The standard InChI is InChI=1S/C12H24N2O3S/c1-4-9-18(16,17)13-11(10(2)3)12(15)14-7-5-6-8-14/h10-11,13H,4-9H2,1-3H3/t11-/m0/s1. The maximum atomic E-state index is 12.3. The van der Waals surface area contributed by atoms with Crippen LogP contribution in [0.25, 0.3) is 0 Å². The minimum atomic E-state index is -3.35. The number of hydrogen-bond acceptors (Lipinski definition) is 3. The van der Waals surface area contributed by atoms with Crippen LogP contribution in [0.5, 0.6) is 0 Å². The van der Waals surface area contributed by atoms with Gasteiger partial charge in [0.15, 0.2) is 0 Å². The number of amides is 1. The van der Waals surface area contributed by atoms with Gasteiger partial charge in [-0.05, 0) is 25.2 Å². The fourth-order valence-corrected chi connectivity index (χ4v) is 3.54. The van der Waals surface area contributed by atoms with Crippen molar-refractivity contribution >= 4 is 15.9 Å². The number of hydrogen-bond donors (Lipinski definition) is 1. The maximum absolute atomic E-state index is 12.3. The largest absolute Gasteiger partial charge is 0.341 e. The van der Waals surface area contributed by atoms with Gasteiger partial charge in [0.2, 0.25) is 15.9 Å². The van der Waals surface area contributed by atoms with Gasteiger partial charge in [-0.2, -0.15) is 0 Å². The Morgan fingerprint density at radius 3 is 2.28 bits per heavy atom. The van der Waals surface area contributed by atoms with Gasteiger partial charge in [-0.25, -0.2) is 13.1 Å². The lowest BCUT2D eigenvalue weighted by Crippen LogP contribution is -2.50. The summed E-state index contributed by atoms with van der Waals surface area (Å²) in [6.45, 7) is 7.04. The van der Waals surface area contributed by atoms with Crippen molar-refractivity contribution in [3.63, 3.8) is 0 Å². The molecule has 0 radical (unpaired) electrons. The van der Waals surface area contributed by atoms with Gasteiger partial charge in [0.25, 0.3) is 0 Å². The highest BCUT2D eigenvalue weighted by molar-refractivity contribution is 7.89. The van der Waals surface area contributed by atoms with Crippen molar-refractivity contribution in [2.75, 3.05) is 18.8 Å². The van der Waals surface area contributed by atoms with E-state index in [1.807, 2.05) is 20.8 Å². The zero-order valence-corrected chi connectivity index (χ0v) is 12.3. The summed E-state index contributed by atoms with van der Waals surface area (Å²) >= 11 is 0. The Morgan fingerprint density at radius 1 is 1.28 bits per heavy atom. The second kappa shape index (κ2) is 6.52. The lowest BCUT2D eigenvalue weighted by atomic mass is 10.0. The average Bonchev–Trinajstić information content (AvgIpc) is 2.78. The van der Waals surface area contributed by atoms with Crippen LogP contribution in [-0.4, -0.2) is 44.1 Å². The smallest absolute Gasteiger partial charge is 0.241 e. The van der Waals surface area contributed by atoms with Crippen LogP contribution in [0.4, 0.5) is 0 Å². The van der Waals surface area contributed by atoms with Gasteiger partial charge >= 0.3 is 0 Å². The molecule has 0 bridgehead atoms. The number of rotatable bonds is 6. The van der Waals surface area contributed by atoms with E-state index in [4.69, 9.17) is 0 Å². The first kappa shape index (κ1) is 15.4.